The molecule has 2 aromatic rings. The number of nitrogens with two attached hydrogens (primary N) is 1. The molecular formula is C23H29N3O3. The van der Waals surface area contributed by atoms with Crippen LogP contribution in [0.5, 0.6) is 5.75 Å². The average Bonchev–Trinajstić information content (AvgIpc) is 2.77. The molecule has 2 N–H and O–H groups in total. The largest absolute Gasteiger partial charge is 0.497 e. The second-order valence-electron chi connectivity index (χ2n) is 7.31. The Bertz CT molecular complexity index is 828. The van der Waals surface area contributed by atoms with Gasteiger partial charge in [0.25, 0.3) is 0 Å². The molecule has 0 saturated carbocycles. The molecule has 3 rings (SSSR count). The molecule has 0 unspecified atom stereocenters. The monoisotopic (exact) mass is 395 g/mol. The number of hydrogen-bond donors (Lipinski definition) is 1. The Labute approximate surface area is 172 Å². The smallest absolute Gasteiger partial charge is 0.223 e. The molecule has 2 amide bonds. The maximum absolute atomic E-state index is 12.5. The van der Waals surface area contributed by atoms with E-state index in [9.17, 15) is 9.59 Å². The molecule has 1 aliphatic rings. The Kier molecular flexibility index (Phi) is 7.11. The van der Waals surface area contributed by atoms with Gasteiger partial charge >= 0.3 is 0 Å². The first kappa shape index (κ1) is 20.7. The second kappa shape index (κ2) is 9.96. The molecular weight excluding hydrogens is 366 g/mol. The summed E-state index contributed by atoms with van der Waals surface area (Å²) in [5.74, 6) is 1.08. The standard InChI is InChI=1S/C23H29N3O3/c1-29-20-10-6-18(7-11-20)8-12-22(27)25-14-16-26(17-15-25)23(28)13-9-19-4-2-3-5-21(19)24/h2-7,10-11H,8-9,12-17,24H2,1H3. The SMILES string of the molecule is COc1ccc(CCC(=O)N2CCN(C(=O)CCc3ccccc3N)CC2)cc1. The molecule has 1 aliphatic heterocycles. The van der Waals surface area contributed by atoms with Crippen LogP contribution < -0.4 is 10.5 Å². The zero-order valence-corrected chi connectivity index (χ0v) is 17.0. The van der Waals surface area contributed by atoms with Crippen LogP contribution in [0.2, 0.25) is 0 Å². The van der Waals surface area contributed by atoms with Gasteiger partial charge in [0.05, 0.1) is 7.11 Å². The number of carbonyl (C=O) groups excluding carboxylic acids is 2. The minimum Gasteiger partial charge on any atom is -0.497 e. The number of nitrogen functional groups attached to an aromatic ring is 1. The lowest BCUT2D eigenvalue weighted by molar-refractivity contribution is -0.139. The molecule has 1 heterocycles. The first-order valence-electron chi connectivity index (χ1n) is 10.1. The van der Waals surface area contributed by atoms with Crippen molar-refractivity contribution >= 4 is 17.5 Å². The maximum Gasteiger partial charge on any atom is 0.223 e. The topological polar surface area (TPSA) is 75.9 Å². The molecule has 1 fully saturated rings. The Balaban J connectivity index is 1.40. The van der Waals surface area contributed by atoms with Gasteiger partial charge in [-0.3, -0.25) is 9.59 Å². The van der Waals surface area contributed by atoms with E-state index in [0.717, 1.165) is 22.6 Å². The van der Waals surface area contributed by atoms with E-state index in [0.29, 0.717) is 51.9 Å². The van der Waals surface area contributed by atoms with Crippen LogP contribution in [0.15, 0.2) is 48.5 Å². The highest BCUT2D eigenvalue weighted by Crippen LogP contribution is 2.15. The third kappa shape index (κ3) is 5.73. The zero-order valence-electron chi connectivity index (χ0n) is 17.0. The number of para-hydroxylation sites is 1. The van der Waals surface area contributed by atoms with Crippen molar-refractivity contribution in [2.24, 2.45) is 0 Å². The fourth-order valence-corrected chi connectivity index (χ4v) is 3.57. The first-order valence-corrected chi connectivity index (χ1v) is 10.1. The van der Waals surface area contributed by atoms with E-state index in [4.69, 9.17) is 10.5 Å². The summed E-state index contributed by atoms with van der Waals surface area (Å²) in [6, 6.07) is 15.4. The number of ether oxygens (including phenoxy) is 1. The van der Waals surface area contributed by atoms with E-state index in [1.807, 2.05) is 58.3 Å². The number of methoxy groups -OCH3 is 1. The van der Waals surface area contributed by atoms with E-state index >= 15 is 0 Å². The van der Waals surface area contributed by atoms with Gasteiger partial charge in [-0.15, -0.1) is 0 Å². The Hall–Kier alpha value is -3.02. The van der Waals surface area contributed by atoms with Crippen LogP contribution in [0.3, 0.4) is 0 Å². The lowest BCUT2D eigenvalue weighted by Gasteiger charge is -2.35. The quantitative estimate of drug-likeness (QED) is 0.731. The van der Waals surface area contributed by atoms with Crippen molar-refractivity contribution in [3.05, 3.63) is 59.7 Å². The normalized spacial score (nSPS) is 14.0. The van der Waals surface area contributed by atoms with Crippen molar-refractivity contribution in [2.75, 3.05) is 39.0 Å². The number of benzene rings is 2. The number of carbonyl (C=O) groups is 2. The lowest BCUT2D eigenvalue weighted by Crippen LogP contribution is -2.50. The zero-order chi connectivity index (χ0) is 20.6. The van der Waals surface area contributed by atoms with Crippen molar-refractivity contribution in [1.82, 2.24) is 9.80 Å². The number of amides is 2. The summed E-state index contributed by atoms with van der Waals surface area (Å²) in [4.78, 5) is 28.7. The van der Waals surface area contributed by atoms with Gasteiger partial charge in [0.1, 0.15) is 5.75 Å². The highest BCUT2D eigenvalue weighted by molar-refractivity contribution is 5.79. The highest BCUT2D eigenvalue weighted by Gasteiger charge is 2.23. The van der Waals surface area contributed by atoms with E-state index in [2.05, 4.69) is 0 Å². The van der Waals surface area contributed by atoms with Gasteiger partial charge in [-0.2, -0.15) is 0 Å². The molecule has 0 radical (unpaired) electrons. The van der Waals surface area contributed by atoms with Crippen LogP contribution in [0.25, 0.3) is 0 Å². The Morgan fingerprint density at radius 3 is 1.97 bits per heavy atom. The van der Waals surface area contributed by atoms with Crippen LogP contribution in [0, 0.1) is 0 Å². The van der Waals surface area contributed by atoms with Crippen LogP contribution in [0.4, 0.5) is 5.69 Å². The van der Waals surface area contributed by atoms with Gasteiger partial charge in [-0.05, 0) is 42.2 Å². The fraction of sp³-hybridized carbons (Fsp3) is 0.391. The van der Waals surface area contributed by atoms with Crippen molar-refractivity contribution in [3.8, 4) is 5.75 Å². The number of nitrogens with zero attached hydrogens (tertiary/aromatic N) is 2. The lowest BCUT2D eigenvalue weighted by atomic mass is 10.1. The molecule has 154 valence electrons. The van der Waals surface area contributed by atoms with E-state index < -0.39 is 0 Å². The summed E-state index contributed by atoms with van der Waals surface area (Å²) >= 11 is 0. The van der Waals surface area contributed by atoms with Crippen LogP contribution in [-0.2, 0) is 22.4 Å². The summed E-state index contributed by atoms with van der Waals surface area (Å²) in [5, 5.41) is 0. The number of hydrogen-bond acceptors (Lipinski definition) is 4. The van der Waals surface area contributed by atoms with Gasteiger partial charge in [0.15, 0.2) is 0 Å². The summed E-state index contributed by atoms with van der Waals surface area (Å²) < 4.78 is 5.15. The predicted molar refractivity (Wildman–Crippen MR) is 114 cm³/mol. The third-order valence-electron chi connectivity index (χ3n) is 5.43. The van der Waals surface area contributed by atoms with Crippen molar-refractivity contribution in [3.63, 3.8) is 0 Å². The minimum atomic E-state index is 0.124. The van der Waals surface area contributed by atoms with Crippen LogP contribution >= 0.6 is 0 Å². The average molecular weight is 396 g/mol. The number of aryl methyl sites for hydroxylation is 2. The van der Waals surface area contributed by atoms with Gasteiger partial charge in [0, 0.05) is 44.7 Å². The van der Waals surface area contributed by atoms with Gasteiger partial charge in [-0.1, -0.05) is 30.3 Å². The Morgan fingerprint density at radius 2 is 1.41 bits per heavy atom. The van der Waals surface area contributed by atoms with Crippen molar-refractivity contribution in [1.29, 1.82) is 0 Å². The van der Waals surface area contributed by atoms with Gasteiger partial charge < -0.3 is 20.3 Å². The summed E-state index contributed by atoms with van der Waals surface area (Å²) in [5.41, 5.74) is 8.80. The third-order valence-corrected chi connectivity index (χ3v) is 5.43. The first-order chi connectivity index (χ1) is 14.1. The predicted octanol–water partition coefficient (Wildman–Crippen LogP) is 2.51. The Morgan fingerprint density at radius 1 is 0.862 bits per heavy atom. The van der Waals surface area contributed by atoms with E-state index in [-0.39, 0.29) is 11.8 Å². The maximum atomic E-state index is 12.5. The molecule has 29 heavy (non-hydrogen) atoms. The van der Waals surface area contributed by atoms with Crippen molar-refractivity contribution < 1.29 is 14.3 Å². The minimum absolute atomic E-state index is 0.124. The molecule has 6 heteroatoms. The molecule has 1 saturated heterocycles. The molecule has 6 nitrogen and oxygen atoms in total. The van der Waals surface area contributed by atoms with E-state index in [1.54, 1.807) is 7.11 Å². The van der Waals surface area contributed by atoms with Crippen molar-refractivity contribution in [2.45, 2.75) is 25.7 Å². The number of piperazine rings is 1. The summed E-state index contributed by atoms with van der Waals surface area (Å²) in [6.07, 6.45) is 2.28. The van der Waals surface area contributed by atoms with Crippen LogP contribution in [0.1, 0.15) is 24.0 Å². The van der Waals surface area contributed by atoms with Gasteiger partial charge in [0.2, 0.25) is 11.8 Å². The molecule has 0 atom stereocenters. The number of rotatable bonds is 7. The summed E-state index contributed by atoms with van der Waals surface area (Å²) in [7, 11) is 1.64. The molecule has 0 bridgehead atoms. The van der Waals surface area contributed by atoms with Gasteiger partial charge in [-0.25, -0.2) is 0 Å². The van der Waals surface area contributed by atoms with E-state index in [1.165, 1.54) is 0 Å². The molecule has 0 aliphatic carbocycles. The molecule has 0 spiro atoms. The molecule has 2 aromatic carbocycles. The van der Waals surface area contributed by atoms with Crippen LogP contribution in [-0.4, -0.2) is 54.9 Å². The summed E-state index contributed by atoms with van der Waals surface area (Å²) in [6.45, 7) is 2.39. The highest BCUT2D eigenvalue weighted by atomic mass is 16.5. The second-order valence-corrected chi connectivity index (χ2v) is 7.31. The fourth-order valence-electron chi connectivity index (χ4n) is 3.57. The molecule has 0 aromatic heterocycles. The number of anilines is 1.